The summed E-state index contributed by atoms with van der Waals surface area (Å²) in [4.78, 5) is 20.7. The average molecular weight is 345 g/mol. The molecular formula is C18H21ClN4O. The average Bonchev–Trinajstić information content (AvgIpc) is 2.60. The Balaban J connectivity index is 1.64. The fraction of sp³-hybridized carbons (Fsp3) is 0.389. The molecule has 6 heteroatoms. The highest BCUT2D eigenvalue weighted by Crippen LogP contribution is 2.22. The zero-order valence-corrected chi connectivity index (χ0v) is 14.4. The molecular weight excluding hydrogens is 324 g/mol. The molecule has 1 saturated carbocycles. The van der Waals surface area contributed by atoms with Crippen LogP contribution in [0, 0.1) is 6.92 Å². The minimum absolute atomic E-state index is 0.104. The highest BCUT2D eigenvalue weighted by molar-refractivity contribution is 6.30. The van der Waals surface area contributed by atoms with Crippen molar-refractivity contribution >= 4 is 29.1 Å². The van der Waals surface area contributed by atoms with Gasteiger partial charge in [-0.3, -0.25) is 4.79 Å². The predicted octanol–water partition coefficient (Wildman–Crippen LogP) is 4.24. The van der Waals surface area contributed by atoms with Crippen molar-refractivity contribution in [3.05, 3.63) is 46.7 Å². The van der Waals surface area contributed by atoms with Gasteiger partial charge in [-0.1, -0.05) is 36.9 Å². The highest BCUT2D eigenvalue weighted by Gasteiger charge is 2.17. The molecule has 0 atom stereocenters. The van der Waals surface area contributed by atoms with Gasteiger partial charge >= 0.3 is 0 Å². The first-order valence-corrected chi connectivity index (χ1v) is 8.66. The lowest BCUT2D eigenvalue weighted by Crippen LogP contribution is -2.36. The van der Waals surface area contributed by atoms with Crippen LogP contribution in [0.15, 0.2) is 30.6 Å². The first kappa shape index (κ1) is 16.7. The number of carbonyl (C=O) groups is 1. The summed E-state index contributed by atoms with van der Waals surface area (Å²) in [5.74, 6) is 0.335. The molecule has 1 aromatic heterocycles. The number of nitrogens with zero attached hydrogens (tertiary/aromatic N) is 2. The van der Waals surface area contributed by atoms with Gasteiger partial charge in [-0.2, -0.15) is 0 Å². The van der Waals surface area contributed by atoms with E-state index in [0.717, 1.165) is 24.1 Å². The minimum atomic E-state index is -0.104. The Morgan fingerprint density at radius 2 is 1.88 bits per heavy atom. The second-order valence-electron chi connectivity index (χ2n) is 6.19. The fourth-order valence-electron chi connectivity index (χ4n) is 2.87. The van der Waals surface area contributed by atoms with Crippen molar-refractivity contribution in [3.63, 3.8) is 0 Å². The van der Waals surface area contributed by atoms with Crippen LogP contribution in [0.1, 0.15) is 48.0 Å². The van der Waals surface area contributed by atoms with Gasteiger partial charge < -0.3 is 10.6 Å². The molecule has 0 unspecified atom stereocenters. The maximum Gasteiger partial charge on any atom is 0.254 e. The Kier molecular flexibility index (Phi) is 5.30. The molecule has 2 aromatic rings. The van der Waals surface area contributed by atoms with E-state index in [-0.39, 0.29) is 11.9 Å². The summed E-state index contributed by atoms with van der Waals surface area (Å²) >= 11 is 6.01. The van der Waals surface area contributed by atoms with Crippen LogP contribution in [0.25, 0.3) is 0 Å². The van der Waals surface area contributed by atoms with Crippen molar-refractivity contribution in [2.45, 2.75) is 45.1 Å². The molecule has 2 N–H and O–H groups in total. The first-order chi connectivity index (χ1) is 11.6. The molecule has 3 rings (SSSR count). The number of rotatable bonds is 4. The Labute approximate surface area is 146 Å². The molecule has 1 aromatic carbocycles. The highest BCUT2D eigenvalue weighted by atomic mass is 35.5. The number of hydrogen-bond donors (Lipinski definition) is 2. The summed E-state index contributed by atoms with van der Waals surface area (Å²) in [7, 11) is 0. The normalized spacial score (nSPS) is 15.1. The van der Waals surface area contributed by atoms with Crippen molar-refractivity contribution in [1.29, 1.82) is 0 Å². The second kappa shape index (κ2) is 7.62. The number of nitrogens with one attached hydrogen (secondary N) is 2. The number of hydrogen-bond acceptors (Lipinski definition) is 4. The Hall–Kier alpha value is -2.14. The maximum atomic E-state index is 12.3. The lowest BCUT2D eigenvalue weighted by Gasteiger charge is -2.22. The zero-order valence-electron chi connectivity index (χ0n) is 13.7. The van der Waals surface area contributed by atoms with E-state index in [9.17, 15) is 4.79 Å². The third-order valence-electron chi connectivity index (χ3n) is 4.30. The van der Waals surface area contributed by atoms with Gasteiger partial charge in [0.15, 0.2) is 0 Å². The summed E-state index contributed by atoms with van der Waals surface area (Å²) in [6.45, 7) is 1.98. The topological polar surface area (TPSA) is 66.9 Å². The van der Waals surface area contributed by atoms with Gasteiger partial charge in [-0.05, 0) is 37.5 Å². The molecule has 1 amide bonds. The van der Waals surface area contributed by atoms with Crippen molar-refractivity contribution in [1.82, 2.24) is 15.3 Å². The number of benzene rings is 1. The molecule has 1 fully saturated rings. The molecule has 126 valence electrons. The quantitative estimate of drug-likeness (QED) is 0.870. The van der Waals surface area contributed by atoms with E-state index in [1.807, 2.05) is 25.1 Å². The Bertz CT molecular complexity index is 711. The number of aryl methyl sites for hydroxylation is 1. The molecule has 0 aliphatic heterocycles. The summed E-state index contributed by atoms with van der Waals surface area (Å²) in [5, 5.41) is 6.83. The largest absolute Gasteiger partial charge is 0.349 e. The Morgan fingerprint density at radius 3 is 2.58 bits per heavy atom. The number of halogens is 1. The second-order valence-corrected chi connectivity index (χ2v) is 6.62. The van der Waals surface area contributed by atoms with Gasteiger partial charge in [0, 0.05) is 29.1 Å². The van der Waals surface area contributed by atoms with Crippen LogP contribution in [0.2, 0.25) is 5.02 Å². The van der Waals surface area contributed by atoms with Crippen molar-refractivity contribution < 1.29 is 4.79 Å². The van der Waals surface area contributed by atoms with Gasteiger partial charge in [0.1, 0.15) is 0 Å². The van der Waals surface area contributed by atoms with Crippen LogP contribution in [-0.2, 0) is 0 Å². The smallest absolute Gasteiger partial charge is 0.254 e. The Morgan fingerprint density at radius 1 is 1.17 bits per heavy atom. The molecule has 0 bridgehead atoms. The molecule has 5 nitrogen and oxygen atoms in total. The van der Waals surface area contributed by atoms with Crippen LogP contribution in [-0.4, -0.2) is 21.9 Å². The molecule has 24 heavy (non-hydrogen) atoms. The fourth-order valence-corrected chi connectivity index (χ4v) is 3.05. The molecule has 0 radical (unpaired) electrons. The van der Waals surface area contributed by atoms with Crippen molar-refractivity contribution in [2.75, 3.05) is 5.32 Å². The summed E-state index contributed by atoms with van der Waals surface area (Å²) in [6.07, 6.45) is 8.84. The summed E-state index contributed by atoms with van der Waals surface area (Å²) < 4.78 is 0. The van der Waals surface area contributed by atoms with Crippen LogP contribution < -0.4 is 10.6 Å². The van der Waals surface area contributed by atoms with Crippen LogP contribution >= 0.6 is 11.6 Å². The third-order valence-corrected chi connectivity index (χ3v) is 4.54. The van der Waals surface area contributed by atoms with Gasteiger partial charge in [0.05, 0.1) is 5.56 Å². The molecule has 0 saturated heterocycles. The van der Waals surface area contributed by atoms with Gasteiger partial charge in [-0.25, -0.2) is 9.97 Å². The SMILES string of the molecule is Cc1ccc(Cl)cc1Nc1ncc(C(=O)NC2CCCCC2)cn1. The number of anilines is 2. The molecule has 1 aliphatic carbocycles. The third kappa shape index (κ3) is 4.23. The van der Waals surface area contributed by atoms with Crippen LogP contribution in [0.4, 0.5) is 11.6 Å². The van der Waals surface area contributed by atoms with Crippen molar-refractivity contribution in [3.8, 4) is 0 Å². The number of aromatic nitrogens is 2. The van der Waals surface area contributed by atoms with E-state index in [4.69, 9.17) is 11.6 Å². The lowest BCUT2D eigenvalue weighted by molar-refractivity contribution is 0.0927. The summed E-state index contributed by atoms with van der Waals surface area (Å²) in [6, 6.07) is 5.86. The minimum Gasteiger partial charge on any atom is -0.349 e. The van der Waals surface area contributed by atoms with Crippen LogP contribution in [0.3, 0.4) is 0 Å². The number of amides is 1. The molecule has 1 aliphatic rings. The monoisotopic (exact) mass is 344 g/mol. The zero-order chi connectivity index (χ0) is 16.9. The van der Waals surface area contributed by atoms with Crippen LogP contribution in [0.5, 0.6) is 0 Å². The molecule has 0 spiro atoms. The molecule has 1 heterocycles. The lowest BCUT2D eigenvalue weighted by atomic mass is 9.95. The first-order valence-electron chi connectivity index (χ1n) is 8.28. The van der Waals surface area contributed by atoms with E-state index in [1.54, 1.807) is 12.4 Å². The maximum absolute atomic E-state index is 12.3. The standard InChI is InChI=1S/C18H21ClN4O/c1-12-7-8-14(19)9-16(12)23-18-20-10-13(11-21-18)17(24)22-15-5-3-2-4-6-15/h7-11,15H,2-6H2,1H3,(H,22,24)(H,20,21,23). The van der Waals surface area contributed by atoms with E-state index in [0.29, 0.717) is 16.5 Å². The van der Waals surface area contributed by atoms with Crippen molar-refractivity contribution in [2.24, 2.45) is 0 Å². The van der Waals surface area contributed by atoms with E-state index in [1.165, 1.54) is 19.3 Å². The summed E-state index contributed by atoms with van der Waals surface area (Å²) in [5.41, 5.74) is 2.37. The van der Waals surface area contributed by atoms with Gasteiger partial charge in [-0.15, -0.1) is 0 Å². The van der Waals surface area contributed by atoms with E-state index >= 15 is 0 Å². The van der Waals surface area contributed by atoms with Gasteiger partial charge in [0.2, 0.25) is 5.95 Å². The predicted molar refractivity (Wildman–Crippen MR) is 95.8 cm³/mol. The van der Waals surface area contributed by atoms with E-state index < -0.39 is 0 Å². The number of carbonyl (C=O) groups excluding carboxylic acids is 1. The van der Waals surface area contributed by atoms with E-state index in [2.05, 4.69) is 20.6 Å². The van der Waals surface area contributed by atoms with Gasteiger partial charge in [0.25, 0.3) is 5.91 Å².